The Kier molecular flexibility index (Phi) is 4.89. The summed E-state index contributed by atoms with van der Waals surface area (Å²) in [6.45, 7) is 0. The van der Waals surface area contributed by atoms with Crippen LogP contribution in [0.4, 0.5) is 0 Å². The molecule has 1 heteroatoms. The van der Waals surface area contributed by atoms with Crippen molar-refractivity contribution in [3.8, 4) is 33.4 Å². The summed E-state index contributed by atoms with van der Waals surface area (Å²) in [5.74, 6) is 0. The largest absolute Gasteiger partial charge is 0.456 e. The number of furan rings is 1. The Morgan fingerprint density at radius 2 is 0.821 bits per heavy atom. The van der Waals surface area contributed by atoms with Gasteiger partial charge in [-0.1, -0.05) is 127 Å². The highest BCUT2D eigenvalue weighted by Gasteiger charge is 2.21. The highest BCUT2D eigenvalue weighted by atomic mass is 16.3. The van der Waals surface area contributed by atoms with Gasteiger partial charge in [-0.2, -0.15) is 0 Å². The molecule has 0 bridgehead atoms. The minimum Gasteiger partial charge on any atom is -0.456 e. The number of hydrogen-bond donors (Lipinski definition) is 0. The molecule has 182 valence electrons. The van der Waals surface area contributed by atoms with E-state index in [1.807, 2.05) is 6.07 Å². The Morgan fingerprint density at radius 3 is 1.44 bits per heavy atom. The highest BCUT2D eigenvalue weighted by Crippen LogP contribution is 2.47. The molecule has 0 amide bonds. The molecule has 0 radical (unpaired) electrons. The molecule has 8 rings (SSSR count). The van der Waals surface area contributed by atoms with E-state index in [1.54, 1.807) is 0 Å². The molecule has 7 aromatic carbocycles. The molecular formula is C38H24O. The third-order valence-electron chi connectivity index (χ3n) is 7.85. The average Bonchev–Trinajstić information content (AvgIpc) is 3.39. The van der Waals surface area contributed by atoms with E-state index in [0.29, 0.717) is 0 Å². The van der Waals surface area contributed by atoms with E-state index in [4.69, 9.17) is 4.42 Å². The molecule has 0 spiro atoms. The zero-order valence-electron chi connectivity index (χ0n) is 21.3. The van der Waals surface area contributed by atoms with Crippen molar-refractivity contribution in [2.75, 3.05) is 0 Å². The summed E-state index contributed by atoms with van der Waals surface area (Å²) < 4.78 is 6.49. The molecule has 0 unspecified atom stereocenters. The number of rotatable bonds is 3. The van der Waals surface area contributed by atoms with Crippen LogP contribution in [0.5, 0.6) is 0 Å². The van der Waals surface area contributed by atoms with Crippen LogP contribution in [-0.4, -0.2) is 0 Å². The average molecular weight is 497 g/mol. The zero-order chi connectivity index (χ0) is 25.8. The van der Waals surface area contributed by atoms with E-state index in [0.717, 1.165) is 27.5 Å². The molecule has 1 heterocycles. The Labute approximate surface area is 226 Å². The molecular weight excluding hydrogens is 472 g/mol. The maximum Gasteiger partial charge on any atom is 0.136 e. The van der Waals surface area contributed by atoms with Gasteiger partial charge in [-0.05, 0) is 73.1 Å². The van der Waals surface area contributed by atoms with Gasteiger partial charge in [-0.25, -0.2) is 0 Å². The lowest BCUT2D eigenvalue weighted by molar-refractivity contribution is 0.669. The quantitative estimate of drug-likeness (QED) is 0.222. The first-order valence-corrected chi connectivity index (χ1v) is 13.4. The lowest BCUT2D eigenvalue weighted by Gasteiger charge is -2.19. The maximum absolute atomic E-state index is 6.49. The van der Waals surface area contributed by atoms with Crippen LogP contribution in [0.2, 0.25) is 0 Å². The summed E-state index contributed by atoms with van der Waals surface area (Å²) in [4.78, 5) is 0. The van der Waals surface area contributed by atoms with E-state index in [-0.39, 0.29) is 0 Å². The molecule has 0 aliphatic rings. The standard InChI is InChI=1S/C38H24O/c1-3-13-25(14-4-1)27-23-33(38-32-21-11-12-22-34(32)39-35(38)24-27)37-30-19-9-7-17-28(30)36(26-15-5-2-6-16-26)29-18-8-10-20-31(29)37/h1-24H. The van der Waals surface area contributed by atoms with Crippen LogP contribution < -0.4 is 0 Å². The van der Waals surface area contributed by atoms with Gasteiger partial charge in [0.25, 0.3) is 0 Å². The summed E-state index contributed by atoms with van der Waals surface area (Å²) >= 11 is 0. The van der Waals surface area contributed by atoms with E-state index in [9.17, 15) is 0 Å². The highest BCUT2D eigenvalue weighted by molar-refractivity contribution is 6.26. The predicted molar refractivity (Wildman–Crippen MR) is 165 cm³/mol. The molecule has 39 heavy (non-hydrogen) atoms. The molecule has 1 aromatic heterocycles. The van der Waals surface area contributed by atoms with Crippen molar-refractivity contribution in [2.24, 2.45) is 0 Å². The van der Waals surface area contributed by atoms with Crippen LogP contribution in [0.15, 0.2) is 150 Å². The molecule has 0 saturated carbocycles. The van der Waals surface area contributed by atoms with Crippen molar-refractivity contribution >= 4 is 43.5 Å². The van der Waals surface area contributed by atoms with Gasteiger partial charge in [-0.15, -0.1) is 0 Å². The van der Waals surface area contributed by atoms with Gasteiger partial charge >= 0.3 is 0 Å². The number of benzene rings is 7. The van der Waals surface area contributed by atoms with Crippen molar-refractivity contribution in [1.29, 1.82) is 0 Å². The first-order valence-electron chi connectivity index (χ1n) is 13.4. The van der Waals surface area contributed by atoms with Crippen LogP contribution in [0.25, 0.3) is 76.9 Å². The second-order valence-corrected chi connectivity index (χ2v) is 10.1. The summed E-state index contributed by atoms with van der Waals surface area (Å²) in [7, 11) is 0. The molecule has 8 aromatic rings. The van der Waals surface area contributed by atoms with Crippen LogP contribution in [-0.2, 0) is 0 Å². The van der Waals surface area contributed by atoms with Gasteiger partial charge in [-0.3, -0.25) is 0 Å². The molecule has 0 aliphatic carbocycles. The summed E-state index contributed by atoms with van der Waals surface area (Å²) in [6.07, 6.45) is 0. The van der Waals surface area contributed by atoms with Crippen molar-refractivity contribution in [1.82, 2.24) is 0 Å². The van der Waals surface area contributed by atoms with Gasteiger partial charge < -0.3 is 4.42 Å². The molecule has 1 nitrogen and oxygen atoms in total. The van der Waals surface area contributed by atoms with Crippen molar-refractivity contribution in [3.05, 3.63) is 146 Å². The third kappa shape index (κ3) is 3.41. The zero-order valence-corrected chi connectivity index (χ0v) is 21.3. The Bertz CT molecular complexity index is 2090. The van der Waals surface area contributed by atoms with Gasteiger partial charge in [0.1, 0.15) is 11.2 Å². The fourth-order valence-corrected chi connectivity index (χ4v) is 6.18. The van der Waals surface area contributed by atoms with Gasteiger partial charge in [0, 0.05) is 10.8 Å². The van der Waals surface area contributed by atoms with Gasteiger partial charge in [0.2, 0.25) is 0 Å². The second kappa shape index (κ2) is 8.72. The summed E-state index contributed by atoms with van der Waals surface area (Å²) in [5, 5.41) is 7.29. The van der Waals surface area contributed by atoms with E-state index >= 15 is 0 Å². The Hall–Kier alpha value is -5.14. The SMILES string of the molecule is c1ccc(-c2cc(-c3c4ccccc4c(-c4ccccc4)c4ccccc34)c3c(c2)oc2ccccc23)cc1. The Morgan fingerprint density at radius 1 is 0.333 bits per heavy atom. The molecule has 0 saturated heterocycles. The summed E-state index contributed by atoms with van der Waals surface area (Å²) in [6, 6.07) is 52.0. The molecule has 0 atom stereocenters. The van der Waals surface area contributed by atoms with Crippen molar-refractivity contribution in [3.63, 3.8) is 0 Å². The molecule has 0 N–H and O–H groups in total. The van der Waals surface area contributed by atoms with Crippen LogP contribution in [0, 0.1) is 0 Å². The number of fused-ring (bicyclic) bond motifs is 5. The maximum atomic E-state index is 6.49. The van der Waals surface area contributed by atoms with Crippen LogP contribution >= 0.6 is 0 Å². The monoisotopic (exact) mass is 496 g/mol. The number of para-hydroxylation sites is 1. The molecule has 0 aliphatic heterocycles. The molecule has 0 fully saturated rings. The second-order valence-electron chi connectivity index (χ2n) is 10.1. The minimum atomic E-state index is 0.910. The normalized spacial score (nSPS) is 11.6. The van der Waals surface area contributed by atoms with E-state index < -0.39 is 0 Å². The Balaban J connectivity index is 1.59. The van der Waals surface area contributed by atoms with Gasteiger partial charge in [0.15, 0.2) is 0 Å². The summed E-state index contributed by atoms with van der Waals surface area (Å²) in [5.41, 5.74) is 9.10. The number of hydrogen-bond acceptors (Lipinski definition) is 1. The fourth-order valence-electron chi connectivity index (χ4n) is 6.18. The van der Waals surface area contributed by atoms with E-state index in [2.05, 4.69) is 140 Å². The first kappa shape index (κ1) is 21.9. The van der Waals surface area contributed by atoms with Crippen LogP contribution in [0.1, 0.15) is 0 Å². The fraction of sp³-hybridized carbons (Fsp3) is 0. The minimum absolute atomic E-state index is 0.910. The van der Waals surface area contributed by atoms with Crippen LogP contribution in [0.3, 0.4) is 0 Å². The smallest absolute Gasteiger partial charge is 0.136 e. The lowest BCUT2D eigenvalue weighted by atomic mass is 9.84. The topological polar surface area (TPSA) is 13.1 Å². The predicted octanol–water partition coefficient (Wildman–Crippen LogP) is 10.9. The van der Waals surface area contributed by atoms with Crippen molar-refractivity contribution < 1.29 is 4.42 Å². The van der Waals surface area contributed by atoms with E-state index in [1.165, 1.54) is 49.4 Å². The lowest BCUT2D eigenvalue weighted by Crippen LogP contribution is -1.92. The first-order chi connectivity index (χ1) is 19.4. The third-order valence-corrected chi connectivity index (χ3v) is 7.85. The van der Waals surface area contributed by atoms with Crippen molar-refractivity contribution in [2.45, 2.75) is 0 Å². The van der Waals surface area contributed by atoms with Gasteiger partial charge in [0.05, 0.1) is 0 Å².